The highest BCUT2D eigenvalue weighted by molar-refractivity contribution is 9.10. The molecular weight excluding hydrogens is 552 g/mol. The van der Waals surface area contributed by atoms with Gasteiger partial charge in [0.25, 0.3) is 0 Å². The van der Waals surface area contributed by atoms with E-state index in [0.29, 0.717) is 13.0 Å². The molecule has 0 fully saturated rings. The zero-order valence-corrected chi connectivity index (χ0v) is 23.0. The van der Waals surface area contributed by atoms with Crippen LogP contribution in [0.5, 0.6) is 0 Å². The molecule has 0 saturated carbocycles. The van der Waals surface area contributed by atoms with Gasteiger partial charge in [0.1, 0.15) is 0 Å². The zero-order chi connectivity index (χ0) is 25.2. The van der Waals surface area contributed by atoms with E-state index in [4.69, 9.17) is 10.8 Å². The molecule has 0 radical (unpaired) electrons. The molecule has 9 heteroatoms. The molecule has 0 bridgehead atoms. The standard InChI is InChI=1S/C12H17BrN2O.C8H7BrO2.C4H12N2/c1-15(2)8-7-14-12(16)9-10-3-5-11(13)6-4-10;9-7-3-1-6(2-4-7)5-8(10)11;1-6(2)4-3-5/h3-6H,7-9H2,1-2H3,(H,14,16);1-4H,5H2,(H,10,11);3-5H2,1-2H3. The first kappa shape index (κ1) is 31.2. The van der Waals surface area contributed by atoms with Gasteiger partial charge in [0.15, 0.2) is 0 Å². The number of rotatable bonds is 9. The molecule has 0 aliphatic heterocycles. The van der Waals surface area contributed by atoms with E-state index in [-0.39, 0.29) is 12.3 Å². The second-order valence-electron chi connectivity index (χ2n) is 7.75. The summed E-state index contributed by atoms with van der Waals surface area (Å²) in [6.45, 7) is 3.31. The van der Waals surface area contributed by atoms with Gasteiger partial charge in [0, 0.05) is 35.1 Å². The van der Waals surface area contributed by atoms with Crippen LogP contribution in [0.25, 0.3) is 0 Å². The summed E-state index contributed by atoms with van der Waals surface area (Å²) in [6.07, 6.45) is 0.536. The van der Waals surface area contributed by atoms with Crippen molar-refractivity contribution in [3.63, 3.8) is 0 Å². The lowest BCUT2D eigenvalue weighted by molar-refractivity contribution is -0.136. The Bertz CT molecular complexity index is 798. The number of nitrogens with zero attached hydrogens (tertiary/aromatic N) is 2. The van der Waals surface area contributed by atoms with E-state index in [2.05, 4.69) is 42.1 Å². The summed E-state index contributed by atoms with van der Waals surface area (Å²) in [6, 6.07) is 15.0. The minimum absolute atomic E-state index is 0.0733. The van der Waals surface area contributed by atoms with E-state index in [1.165, 1.54) is 0 Å². The highest BCUT2D eigenvalue weighted by Crippen LogP contribution is 2.11. The number of aliphatic carboxylic acids is 1. The fraction of sp³-hybridized carbons (Fsp3) is 0.417. The number of hydrogen-bond donors (Lipinski definition) is 3. The van der Waals surface area contributed by atoms with E-state index in [1.807, 2.05) is 69.5 Å². The average Bonchev–Trinajstić information content (AvgIpc) is 2.72. The van der Waals surface area contributed by atoms with E-state index in [0.717, 1.165) is 39.7 Å². The molecule has 4 N–H and O–H groups in total. The molecule has 7 nitrogen and oxygen atoms in total. The molecule has 33 heavy (non-hydrogen) atoms. The number of benzene rings is 2. The summed E-state index contributed by atoms with van der Waals surface area (Å²) in [7, 11) is 7.99. The number of carboxylic acid groups (broad SMARTS) is 1. The summed E-state index contributed by atoms with van der Waals surface area (Å²) >= 11 is 6.63. The predicted molar refractivity (Wildman–Crippen MR) is 142 cm³/mol. The van der Waals surface area contributed by atoms with Gasteiger partial charge in [-0.2, -0.15) is 0 Å². The Labute approximate surface area is 214 Å². The Balaban J connectivity index is 0.000000520. The zero-order valence-electron chi connectivity index (χ0n) is 19.9. The summed E-state index contributed by atoms with van der Waals surface area (Å²) in [5, 5.41) is 11.3. The van der Waals surface area contributed by atoms with Gasteiger partial charge in [-0.15, -0.1) is 0 Å². The lowest BCUT2D eigenvalue weighted by atomic mass is 10.1. The van der Waals surface area contributed by atoms with Crippen LogP contribution in [0.1, 0.15) is 11.1 Å². The molecule has 0 aliphatic carbocycles. The van der Waals surface area contributed by atoms with Crippen molar-refractivity contribution in [3.05, 3.63) is 68.6 Å². The van der Waals surface area contributed by atoms with Crippen molar-refractivity contribution in [1.82, 2.24) is 15.1 Å². The Hall–Kier alpha value is -1.78. The fourth-order valence-electron chi connectivity index (χ4n) is 2.30. The predicted octanol–water partition coefficient (Wildman–Crippen LogP) is 3.25. The summed E-state index contributed by atoms with van der Waals surface area (Å²) < 4.78 is 2.00. The Morgan fingerprint density at radius 3 is 1.58 bits per heavy atom. The van der Waals surface area contributed by atoms with Crippen LogP contribution in [0.2, 0.25) is 0 Å². The average molecular weight is 588 g/mol. The van der Waals surface area contributed by atoms with Crippen LogP contribution in [-0.4, -0.2) is 81.2 Å². The van der Waals surface area contributed by atoms with Crippen LogP contribution in [0, 0.1) is 0 Å². The molecule has 0 unspecified atom stereocenters. The number of halogens is 2. The molecule has 0 saturated heterocycles. The van der Waals surface area contributed by atoms with Crippen LogP contribution in [-0.2, 0) is 22.4 Å². The van der Waals surface area contributed by atoms with Gasteiger partial charge in [-0.3, -0.25) is 9.59 Å². The number of carbonyl (C=O) groups excluding carboxylic acids is 1. The molecule has 1 amide bonds. The van der Waals surface area contributed by atoms with Gasteiger partial charge in [0.05, 0.1) is 12.8 Å². The van der Waals surface area contributed by atoms with Gasteiger partial charge < -0.3 is 26.0 Å². The van der Waals surface area contributed by atoms with Crippen molar-refractivity contribution in [1.29, 1.82) is 0 Å². The molecule has 2 rings (SSSR count). The molecular formula is C24H36Br2N4O3. The number of amides is 1. The van der Waals surface area contributed by atoms with E-state index < -0.39 is 5.97 Å². The third-order valence-electron chi connectivity index (χ3n) is 4.00. The van der Waals surface area contributed by atoms with Gasteiger partial charge in [0.2, 0.25) is 5.91 Å². The topological polar surface area (TPSA) is 98.9 Å². The smallest absolute Gasteiger partial charge is 0.307 e. The van der Waals surface area contributed by atoms with Gasteiger partial charge in [-0.1, -0.05) is 56.1 Å². The van der Waals surface area contributed by atoms with E-state index in [1.54, 1.807) is 12.1 Å². The number of likely N-dealkylation sites (N-methyl/N-ethyl adjacent to an activating group) is 2. The van der Waals surface area contributed by atoms with Crippen LogP contribution >= 0.6 is 31.9 Å². The maximum atomic E-state index is 11.5. The lowest BCUT2D eigenvalue weighted by Gasteiger charge is -2.10. The maximum Gasteiger partial charge on any atom is 0.307 e. The van der Waals surface area contributed by atoms with Crippen LogP contribution in [0.3, 0.4) is 0 Å². The van der Waals surface area contributed by atoms with Crippen molar-refractivity contribution in [2.45, 2.75) is 12.8 Å². The number of carbonyl (C=O) groups is 2. The molecule has 0 spiro atoms. The van der Waals surface area contributed by atoms with Crippen LogP contribution in [0.15, 0.2) is 57.5 Å². The summed E-state index contributed by atoms with van der Waals surface area (Å²) in [5.41, 5.74) is 7.04. The number of nitrogens with two attached hydrogens (primary N) is 1. The number of hydrogen-bond acceptors (Lipinski definition) is 5. The Morgan fingerprint density at radius 1 is 0.818 bits per heavy atom. The quantitative estimate of drug-likeness (QED) is 0.416. The Morgan fingerprint density at radius 2 is 1.24 bits per heavy atom. The van der Waals surface area contributed by atoms with Crippen molar-refractivity contribution in [2.24, 2.45) is 5.73 Å². The van der Waals surface area contributed by atoms with Gasteiger partial charge in [-0.05, 0) is 63.6 Å². The largest absolute Gasteiger partial charge is 0.481 e. The number of carboxylic acids is 1. The first-order valence-corrected chi connectivity index (χ1v) is 12.1. The molecule has 0 heterocycles. The van der Waals surface area contributed by atoms with Crippen molar-refractivity contribution >= 4 is 43.7 Å². The summed E-state index contributed by atoms with van der Waals surface area (Å²) in [4.78, 5) is 25.9. The second kappa shape index (κ2) is 18.6. The lowest BCUT2D eigenvalue weighted by Crippen LogP contribution is -2.32. The Kier molecular flexibility index (Phi) is 17.6. The maximum absolute atomic E-state index is 11.5. The van der Waals surface area contributed by atoms with Crippen molar-refractivity contribution < 1.29 is 14.7 Å². The minimum Gasteiger partial charge on any atom is -0.481 e. The molecule has 0 atom stereocenters. The number of nitrogens with one attached hydrogen (secondary N) is 1. The molecule has 0 aliphatic rings. The van der Waals surface area contributed by atoms with Crippen LogP contribution in [0.4, 0.5) is 0 Å². The first-order valence-electron chi connectivity index (χ1n) is 10.5. The monoisotopic (exact) mass is 586 g/mol. The molecule has 2 aromatic rings. The van der Waals surface area contributed by atoms with Crippen molar-refractivity contribution in [3.8, 4) is 0 Å². The van der Waals surface area contributed by atoms with Gasteiger partial charge >= 0.3 is 5.97 Å². The third-order valence-corrected chi connectivity index (χ3v) is 5.06. The first-order chi connectivity index (χ1) is 15.5. The minimum atomic E-state index is -0.799. The normalized spacial score (nSPS) is 10.1. The molecule has 2 aromatic carbocycles. The van der Waals surface area contributed by atoms with E-state index in [9.17, 15) is 9.59 Å². The SMILES string of the molecule is CN(C)CCN.CN(C)CCNC(=O)Cc1ccc(Br)cc1.O=C(O)Cc1ccc(Br)cc1. The second-order valence-corrected chi connectivity index (χ2v) is 9.58. The van der Waals surface area contributed by atoms with E-state index >= 15 is 0 Å². The summed E-state index contributed by atoms with van der Waals surface area (Å²) in [5.74, 6) is -0.725. The third kappa shape index (κ3) is 19.4. The molecule has 184 valence electrons. The molecule has 0 aromatic heterocycles. The highest BCUT2D eigenvalue weighted by Gasteiger charge is 2.02. The highest BCUT2D eigenvalue weighted by atomic mass is 79.9. The van der Waals surface area contributed by atoms with Gasteiger partial charge in [-0.25, -0.2) is 0 Å². The fourth-order valence-corrected chi connectivity index (χ4v) is 2.83. The van der Waals surface area contributed by atoms with Crippen molar-refractivity contribution in [2.75, 3.05) is 54.4 Å². The van der Waals surface area contributed by atoms with Crippen LogP contribution < -0.4 is 11.1 Å².